The molecule has 3 atom stereocenters. The molecule has 0 saturated heterocycles. The van der Waals surface area contributed by atoms with Gasteiger partial charge in [-0.25, -0.2) is 4.99 Å². The zero-order chi connectivity index (χ0) is 37.5. The Morgan fingerprint density at radius 3 is 2.02 bits per heavy atom. The fourth-order valence-corrected chi connectivity index (χ4v) is 9.07. The van der Waals surface area contributed by atoms with Gasteiger partial charge < -0.3 is 18.7 Å². The van der Waals surface area contributed by atoms with Gasteiger partial charge in [0, 0.05) is 49.3 Å². The molecule has 0 saturated carbocycles. The van der Waals surface area contributed by atoms with Crippen LogP contribution in [0.3, 0.4) is 0 Å². The first kappa shape index (κ1) is 32.1. The number of aromatic nitrogens is 1. The largest absolute Gasteiger partial charge is 0.456 e. The van der Waals surface area contributed by atoms with E-state index in [4.69, 9.17) is 13.8 Å². The highest BCUT2D eigenvalue weighted by molar-refractivity contribution is 6.11. The normalized spacial score (nSPS) is 18.0. The highest BCUT2D eigenvalue weighted by atomic mass is 16.3. The van der Waals surface area contributed by atoms with Crippen molar-refractivity contribution < 1.29 is 8.83 Å². The van der Waals surface area contributed by atoms with E-state index in [2.05, 4.69) is 185 Å². The van der Waals surface area contributed by atoms with Crippen LogP contribution in [0, 0.1) is 5.92 Å². The van der Waals surface area contributed by atoms with Gasteiger partial charge in [-0.15, -0.1) is 0 Å². The van der Waals surface area contributed by atoms with Crippen molar-refractivity contribution >= 4 is 72.7 Å². The summed E-state index contributed by atoms with van der Waals surface area (Å²) in [5, 5.41) is 14.3. The van der Waals surface area contributed by atoms with Crippen LogP contribution < -0.4 is 21.3 Å². The maximum absolute atomic E-state index is 6.74. The van der Waals surface area contributed by atoms with Crippen LogP contribution in [0.25, 0.3) is 83.7 Å². The summed E-state index contributed by atoms with van der Waals surface area (Å²) in [6, 6.07) is 57.8. The number of benzene rings is 7. The molecular weight excluding hydrogens is 701 g/mol. The lowest BCUT2D eigenvalue weighted by atomic mass is 9.95. The van der Waals surface area contributed by atoms with Crippen molar-refractivity contribution in [3.05, 3.63) is 186 Å². The van der Waals surface area contributed by atoms with E-state index in [1.165, 1.54) is 27.4 Å². The minimum Gasteiger partial charge on any atom is -0.456 e. The van der Waals surface area contributed by atoms with Crippen molar-refractivity contribution in [2.75, 3.05) is 0 Å². The zero-order valence-corrected chi connectivity index (χ0v) is 30.9. The summed E-state index contributed by atoms with van der Waals surface area (Å²) in [4.78, 5) is 5.26. The van der Waals surface area contributed by atoms with E-state index in [1.807, 2.05) is 6.07 Å². The lowest BCUT2D eigenvalue weighted by Crippen LogP contribution is -2.47. The Kier molecular flexibility index (Phi) is 7.16. The van der Waals surface area contributed by atoms with Crippen LogP contribution in [0.5, 0.6) is 0 Å². The number of nitrogens with one attached hydrogen (secondary N) is 2. The van der Waals surface area contributed by atoms with Crippen LogP contribution in [-0.2, 0) is 0 Å². The van der Waals surface area contributed by atoms with Gasteiger partial charge in [0.25, 0.3) is 0 Å². The van der Waals surface area contributed by atoms with Crippen molar-refractivity contribution in [2.45, 2.75) is 18.8 Å². The fraction of sp³-hybridized carbons (Fsp3) is 0.0784. The Bertz CT molecular complexity index is 3300. The van der Waals surface area contributed by atoms with E-state index in [9.17, 15) is 0 Å². The molecule has 0 amide bonds. The van der Waals surface area contributed by atoms with Gasteiger partial charge in [-0.1, -0.05) is 127 Å². The summed E-state index contributed by atoms with van der Waals surface area (Å²) >= 11 is 0. The van der Waals surface area contributed by atoms with E-state index in [-0.39, 0.29) is 18.2 Å². The van der Waals surface area contributed by atoms with E-state index in [0.717, 1.165) is 78.2 Å². The van der Waals surface area contributed by atoms with Gasteiger partial charge in [-0.05, 0) is 71.7 Å². The number of hydrogen-bond donors (Lipinski definition) is 2. The minimum atomic E-state index is -0.165. The molecule has 1 aliphatic heterocycles. The minimum absolute atomic E-state index is 0.0684. The number of amidine groups is 1. The summed E-state index contributed by atoms with van der Waals surface area (Å²) in [6.45, 7) is 0. The van der Waals surface area contributed by atoms with Gasteiger partial charge in [-0.2, -0.15) is 0 Å². The highest BCUT2D eigenvalue weighted by Crippen LogP contribution is 2.38. The van der Waals surface area contributed by atoms with Crippen molar-refractivity contribution in [3.8, 4) is 16.8 Å². The molecule has 0 fully saturated rings. The lowest BCUT2D eigenvalue weighted by molar-refractivity contribution is 0.401. The summed E-state index contributed by atoms with van der Waals surface area (Å²) in [7, 11) is 0. The van der Waals surface area contributed by atoms with Crippen molar-refractivity contribution in [2.24, 2.45) is 10.9 Å². The molecule has 2 N–H and O–H groups in total. The molecule has 6 nitrogen and oxygen atoms in total. The number of rotatable bonds is 5. The van der Waals surface area contributed by atoms with Crippen LogP contribution in [0.15, 0.2) is 178 Å². The molecule has 0 bridgehead atoms. The van der Waals surface area contributed by atoms with Crippen molar-refractivity contribution in [3.63, 3.8) is 0 Å². The van der Waals surface area contributed by atoms with Crippen LogP contribution in [0.4, 0.5) is 0 Å². The number of para-hydroxylation sites is 3. The number of nitrogens with zero attached hydrogens (tertiary/aromatic N) is 2. The third-order valence-electron chi connectivity index (χ3n) is 11.8. The quantitative estimate of drug-likeness (QED) is 0.185. The number of fused-ring (bicyclic) bond motifs is 9. The average Bonchev–Trinajstić information content (AvgIpc) is 3.95. The fourth-order valence-electron chi connectivity index (χ4n) is 9.07. The molecule has 272 valence electrons. The summed E-state index contributed by atoms with van der Waals surface area (Å²) in [6.07, 6.45) is 5.13. The third kappa shape index (κ3) is 5.18. The van der Waals surface area contributed by atoms with Crippen molar-refractivity contribution in [1.29, 1.82) is 0 Å². The van der Waals surface area contributed by atoms with Crippen LogP contribution in [0.1, 0.15) is 29.9 Å². The van der Waals surface area contributed by atoms with Gasteiger partial charge in [0.15, 0.2) is 0 Å². The highest BCUT2D eigenvalue weighted by Gasteiger charge is 2.29. The number of aliphatic imine (C=N–C) groups is 1. The van der Waals surface area contributed by atoms with E-state index >= 15 is 0 Å². The first-order chi connectivity index (χ1) is 28.2. The van der Waals surface area contributed by atoms with E-state index in [1.54, 1.807) is 0 Å². The van der Waals surface area contributed by atoms with Gasteiger partial charge in [0.1, 0.15) is 40.3 Å². The second kappa shape index (κ2) is 12.7. The topological polar surface area (TPSA) is 67.6 Å². The maximum atomic E-state index is 6.74. The third-order valence-corrected chi connectivity index (χ3v) is 11.8. The zero-order valence-electron chi connectivity index (χ0n) is 30.9. The van der Waals surface area contributed by atoms with Gasteiger partial charge >= 0.3 is 0 Å². The van der Waals surface area contributed by atoms with Crippen LogP contribution in [0.2, 0.25) is 0 Å². The van der Waals surface area contributed by atoms with Gasteiger partial charge in [0.05, 0.1) is 11.0 Å². The Morgan fingerprint density at radius 1 is 0.579 bits per heavy atom. The average molecular weight is 737 g/mol. The van der Waals surface area contributed by atoms with Crippen LogP contribution >= 0.6 is 0 Å². The first-order valence-corrected chi connectivity index (χ1v) is 19.6. The van der Waals surface area contributed by atoms with Gasteiger partial charge in [0.2, 0.25) is 0 Å². The molecule has 3 aromatic heterocycles. The molecule has 1 aliphatic carbocycles. The molecule has 10 aromatic rings. The molecule has 6 heteroatoms. The predicted octanol–water partition coefficient (Wildman–Crippen LogP) is 10.7. The SMILES string of the molecule is C1=c2oc3c(-c4ccc5oc6ccc(-n7c8ccccc8c8ccccc87)cc6c5c4)cccc3c2=CC(C2=NC(c3ccccc3)NC(c3ccccc3)N2)C1. The van der Waals surface area contributed by atoms with Crippen LogP contribution in [-0.4, -0.2) is 10.4 Å². The molecule has 57 heavy (non-hydrogen) atoms. The second-order valence-corrected chi connectivity index (χ2v) is 15.1. The molecule has 2 aliphatic rings. The molecule has 0 spiro atoms. The Hall–Kier alpha value is -7.15. The summed E-state index contributed by atoms with van der Waals surface area (Å²) < 4.78 is 15.5. The van der Waals surface area contributed by atoms with E-state index in [0.29, 0.717) is 0 Å². The maximum Gasteiger partial charge on any atom is 0.143 e. The van der Waals surface area contributed by atoms with Gasteiger partial charge in [-0.3, -0.25) is 5.32 Å². The van der Waals surface area contributed by atoms with E-state index < -0.39 is 0 Å². The number of furan rings is 2. The molecule has 7 aromatic carbocycles. The Morgan fingerprint density at radius 2 is 1.25 bits per heavy atom. The number of hydrogen-bond acceptors (Lipinski definition) is 5. The summed E-state index contributed by atoms with van der Waals surface area (Å²) in [5.74, 6) is 1.04. The smallest absolute Gasteiger partial charge is 0.143 e. The summed E-state index contributed by atoms with van der Waals surface area (Å²) in [5.41, 5.74) is 11.5. The first-order valence-electron chi connectivity index (χ1n) is 19.6. The Labute approximate surface area is 327 Å². The molecule has 12 rings (SSSR count). The monoisotopic (exact) mass is 736 g/mol. The lowest BCUT2D eigenvalue weighted by Gasteiger charge is -2.34. The molecule has 4 heterocycles. The molecular formula is C51H36N4O2. The second-order valence-electron chi connectivity index (χ2n) is 15.1. The van der Waals surface area contributed by atoms with Crippen molar-refractivity contribution in [1.82, 2.24) is 15.2 Å². The Balaban J connectivity index is 0.950. The molecule has 3 unspecified atom stereocenters. The molecule has 0 radical (unpaired) electrons. The predicted molar refractivity (Wildman–Crippen MR) is 232 cm³/mol. The standard InChI is InChI=1S/C51H36N4O2/c1-3-12-31(13-4-1)49-52-50(32-14-5-2-6-15-32)54-51(53-49)34-23-26-47-40(29-34)39-19-11-18-36(48(39)57-47)33-22-25-45-41(28-33)42-30-35(24-27-46(42)56-45)55-43-20-9-7-16-37(43)38-17-8-10-21-44(38)55/h1-22,24-30,34,49-50,52H,23H2,(H,53,54).